The highest BCUT2D eigenvalue weighted by Gasteiger charge is 2.72. The Hall–Kier alpha value is -2.34. The van der Waals surface area contributed by atoms with Crippen LogP contribution in [0.15, 0.2) is 11.6 Å². The summed E-state index contributed by atoms with van der Waals surface area (Å²) in [6.45, 7) is 21.3. The Morgan fingerprint density at radius 2 is 1.26 bits per heavy atom. The smallest absolute Gasteiger partial charge is 0.337 e. The van der Waals surface area contributed by atoms with E-state index in [0.717, 1.165) is 32.8 Å². The number of aliphatic hydroxyl groups is 8. The van der Waals surface area contributed by atoms with E-state index in [-0.39, 0.29) is 57.8 Å². The molecule has 0 aromatic rings. The van der Waals surface area contributed by atoms with Gasteiger partial charge >= 0.3 is 5.97 Å². The minimum absolute atomic E-state index is 0.0109. The number of ether oxygens (including phenoxy) is 7. The standard InChI is InChI=1S/C55H86O19/c1-24(57)19-55-29(25(2)58)20-50(5,6)21-31(55)28-13-14-34-52(9)17-16-35(51(7,8)33(52)15-18-53(34,10)54(28,11)22-30(55)26(3)59)71-49-45(74-48-41(65)39(63)37(61)32(23-56)70-48)43(42(66)44(73-49)46(67)68-12)72-47-40(64)38(62)36(60)27(4)69-47/h13,27,29-45,47-49,56,60-66H,14-23H2,1-12H3/t27-,29+,30+,31-,32+,33-,34+,35-,36-,37+,38+,39-,40+,41+,42-,43-,44-,45+,47-,48-,49+,52-,53+,54+,55+/m0/s1. The summed E-state index contributed by atoms with van der Waals surface area (Å²) < 4.78 is 42.5. The first-order valence-corrected chi connectivity index (χ1v) is 27.0. The van der Waals surface area contributed by atoms with Gasteiger partial charge < -0.3 is 78.8 Å². The van der Waals surface area contributed by atoms with E-state index in [1.807, 2.05) is 0 Å². The molecular weight excluding hydrogens is 965 g/mol. The number of fused-ring (bicyclic) bond motifs is 7. The van der Waals surface area contributed by atoms with E-state index in [4.69, 9.17) is 33.2 Å². The zero-order valence-electron chi connectivity index (χ0n) is 45.3. The van der Waals surface area contributed by atoms with Crippen LogP contribution in [0.5, 0.6) is 0 Å². The Kier molecular flexibility index (Phi) is 15.9. The second-order valence-corrected chi connectivity index (χ2v) is 25.9. The molecule has 3 heterocycles. The van der Waals surface area contributed by atoms with Crippen LogP contribution in [0.4, 0.5) is 0 Å². The third-order valence-electron chi connectivity index (χ3n) is 20.9. The average Bonchev–Trinajstić information content (AvgIpc) is 3.32. The minimum Gasteiger partial charge on any atom is -0.467 e. The minimum atomic E-state index is -1.96. The Bertz CT molecular complexity index is 2160. The fraction of sp³-hybridized carbons (Fsp3) is 0.891. The molecule has 8 N–H and O–H groups in total. The Labute approximate surface area is 435 Å². The van der Waals surface area contributed by atoms with Crippen molar-refractivity contribution in [2.24, 2.45) is 62.1 Å². The molecule has 3 aliphatic heterocycles. The van der Waals surface area contributed by atoms with Crippen molar-refractivity contribution in [3.05, 3.63) is 11.6 Å². The summed E-state index contributed by atoms with van der Waals surface area (Å²) in [4.78, 5) is 55.0. The van der Waals surface area contributed by atoms with Crippen molar-refractivity contribution >= 4 is 23.3 Å². The van der Waals surface area contributed by atoms with Crippen molar-refractivity contribution in [3.63, 3.8) is 0 Å². The van der Waals surface area contributed by atoms with Crippen LogP contribution in [-0.2, 0) is 52.3 Å². The number of esters is 1. The van der Waals surface area contributed by atoms with Crippen LogP contribution >= 0.6 is 0 Å². The molecule has 4 saturated carbocycles. The van der Waals surface area contributed by atoms with Crippen LogP contribution in [0.1, 0.15) is 134 Å². The number of carbonyl (C=O) groups is 4. The fourth-order valence-corrected chi connectivity index (χ4v) is 17.1. The molecule has 420 valence electrons. The first-order valence-electron chi connectivity index (χ1n) is 27.0. The zero-order valence-corrected chi connectivity index (χ0v) is 45.3. The van der Waals surface area contributed by atoms with Crippen LogP contribution in [0.2, 0.25) is 0 Å². The highest BCUT2D eigenvalue weighted by atomic mass is 16.8. The maximum atomic E-state index is 14.3. The van der Waals surface area contributed by atoms with Crippen molar-refractivity contribution in [2.75, 3.05) is 13.7 Å². The lowest BCUT2D eigenvalue weighted by molar-refractivity contribution is -0.395. The van der Waals surface area contributed by atoms with Crippen molar-refractivity contribution in [3.8, 4) is 0 Å². The lowest BCUT2D eigenvalue weighted by atomic mass is 9.31. The van der Waals surface area contributed by atoms with Crippen LogP contribution in [0, 0.1) is 62.1 Å². The quantitative estimate of drug-likeness (QED) is 0.0791. The molecule has 0 radical (unpaired) electrons. The van der Waals surface area contributed by atoms with Gasteiger partial charge in [-0.1, -0.05) is 60.1 Å². The van der Waals surface area contributed by atoms with E-state index in [1.54, 1.807) is 20.8 Å². The van der Waals surface area contributed by atoms with Gasteiger partial charge in [0.2, 0.25) is 0 Å². The number of rotatable bonds is 12. The van der Waals surface area contributed by atoms with E-state index < -0.39 is 139 Å². The van der Waals surface area contributed by atoms with Crippen molar-refractivity contribution < 1.29 is 93.2 Å². The second kappa shape index (κ2) is 20.4. The third kappa shape index (κ3) is 9.13. The predicted molar refractivity (Wildman–Crippen MR) is 261 cm³/mol. The number of hydrogen-bond donors (Lipinski definition) is 8. The van der Waals surface area contributed by atoms with E-state index in [9.17, 15) is 60.0 Å². The topological polar surface area (TPSA) is 295 Å². The van der Waals surface area contributed by atoms with Gasteiger partial charge in [0, 0.05) is 23.7 Å². The monoisotopic (exact) mass is 1050 g/mol. The van der Waals surface area contributed by atoms with Crippen molar-refractivity contribution in [2.45, 2.75) is 232 Å². The molecule has 8 aliphatic rings. The maximum Gasteiger partial charge on any atom is 0.337 e. The molecule has 5 aliphatic carbocycles. The molecule has 7 fully saturated rings. The summed E-state index contributed by atoms with van der Waals surface area (Å²) in [5.74, 6) is -1.89. The largest absolute Gasteiger partial charge is 0.467 e. The molecule has 19 heteroatoms. The first-order chi connectivity index (χ1) is 34.4. The molecule has 0 spiro atoms. The molecule has 0 amide bonds. The normalized spacial score (nSPS) is 50.7. The van der Waals surface area contributed by atoms with E-state index in [0.29, 0.717) is 25.7 Å². The number of carbonyl (C=O) groups excluding carboxylic acids is 4. The van der Waals surface area contributed by atoms with Gasteiger partial charge in [-0.3, -0.25) is 9.59 Å². The van der Waals surface area contributed by atoms with Gasteiger partial charge in [-0.2, -0.15) is 0 Å². The fourth-order valence-electron chi connectivity index (χ4n) is 17.1. The summed E-state index contributed by atoms with van der Waals surface area (Å²) in [6.07, 6.45) is -18.3. The molecule has 0 unspecified atom stereocenters. The zero-order chi connectivity index (χ0) is 54.7. The van der Waals surface area contributed by atoms with E-state index in [1.165, 1.54) is 12.5 Å². The summed E-state index contributed by atoms with van der Waals surface area (Å²) in [5, 5.41) is 87.0. The molecule has 3 saturated heterocycles. The SMILES string of the molecule is COC(=O)[C@H]1O[C@@H](O[C@H]2CC[C@]3(C)[C@H]4CC=C5[C@@H]6CC(C)(C)C[C@H](C(C)=O)[C@]6(CC(C)=O)[C@@H](C(C)=O)C[C@@]5(C)[C@]4(C)CC[C@H]3C2(C)C)[C@H](O[C@@H]2O[C@H](CO)[C@@H](O)[C@H](O)[C@H]2O)[C@@H](O[C@@H]2O[C@@H](C)[C@H](O)[C@@H](O)[C@H]2O)[C@@H]1O. The van der Waals surface area contributed by atoms with Crippen molar-refractivity contribution in [1.82, 2.24) is 0 Å². The van der Waals surface area contributed by atoms with E-state index in [2.05, 4.69) is 54.5 Å². The van der Waals surface area contributed by atoms with Gasteiger partial charge in [0.05, 0.1) is 25.9 Å². The van der Waals surface area contributed by atoms with Gasteiger partial charge in [-0.05, 0) is 124 Å². The molecule has 0 aromatic heterocycles. The molecule has 19 nitrogen and oxygen atoms in total. The van der Waals surface area contributed by atoms with Crippen LogP contribution in [-0.4, -0.2) is 176 Å². The van der Waals surface area contributed by atoms with Crippen molar-refractivity contribution in [1.29, 1.82) is 0 Å². The summed E-state index contributed by atoms with van der Waals surface area (Å²) in [5.41, 5.74) is -1.40. The number of allylic oxidation sites excluding steroid dienone is 2. The summed E-state index contributed by atoms with van der Waals surface area (Å²) in [6, 6.07) is 0. The van der Waals surface area contributed by atoms with E-state index >= 15 is 0 Å². The highest BCUT2D eigenvalue weighted by molar-refractivity contribution is 5.87. The van der Waals surface area contributed by atoms with Gasteiger partial charge in [0.15, 0.2) is 25.0 Å². The summed E-state index contributed by atoms with van der Waals surface area (Å²) in [7, 11) is 1.09. The van der Waals surface area contributed by atoms with Crippen LogP contribution < -0.4 is 0 Å². The number of aliphatic hydroxyl groups excluding tert-OH is 8. The maximum absolute atomic E-state index is 14.3. The Balaban J connectivity index is 1.15. The molecule has 0 aromatic carbocycles. The number of ketones is 3. The van der Waals surface area contributed by atoms with Crippen LogP contribution in [0.25, 0.3) is 0 Å². The average molecular weight is 1050 g/mol. The number of Topliss-reactive ketones (excluding diaryl/α,β-unsaturated/α-hetero) is 3. The van der Waals surface area contributed by atoms with Gasteiger partial charge in [-0.25, -0.2) is 4.79 Å². The van der Waals surface area contributed by atoms with Gasteiger partial charge in [0.1, 0.15) is 78.4 Å². The lowest BCUT2D eigenvalue weighted by Crippen LogP contribution is -2.69. The Morgan fingerprint density at radius 3 is 1.85 bits per heavy atom. The first kappa shape index (κ1) is 57.8. The number of methoxy groups -OCH3 is 1. The summed E-state index contributed by atoms with van der Waals surface area (Å²) >= 11 is 0. The molecule has 74 heavy (non-hydrogen) atoms. The molecule has 25 atom stereocenters. The van der Waals surface area contributed by atoms with Gasteiger partial charge in [0.25, 0.3) is 0 Å². The lowest BCUT2D eigenvalue weighted by Gasteiger charge is -2.73. The highest BCUT2D eigenvalue weighted by Crippen LogP contribution is 2.78. The van der Waals surface area contributed by atoms with Crippen LogP contribution in [0.3, 0.4) is 0 Å². The molecule has 8 rings (SSSR count). The second-order valence-electron chi connectivity index (χ2n) is 25.9. The number of hydrogen-bond acceptors (Lipinski definition) is 19. The molecule has 0 bridgehead atoms. The Morgan fingerprint density at radius 1 is 0.662 bits per heavy atom. The predicted octanol–water partition coefficient (Wildman–Crippen LogP) is 2.44. The molecular formula is C55H86O19. The third-order valence-corrected chi connectivity index (χ3v) is 20.9. The van der Waals surface area contributed by atoms with Gasteiger partial charge in [-0.15, -0.1) is 0 Å².